The number of amides is 1. The molecule has 2 aliphatic rings. The summed E-state index contributed by atoms with van der Waals surface area (Å²) in [5, 5.41) is 3.25. The van der Waals surface area contributed by atoms with Gasteiger partial charge in [0.05, 0.1) is 24.6 Å². The lowest BCUT2D eigenvalue weighted by Gasteiger charge is -2.44. The molecule has 3 heterocycles. The lowest BCUT2D eigenvalue weighted by atomic mass is 9.84. The highest BCUT2D eigenvalue weighted by Crippen LogP contribution is 2.39. The van der Waals surface area contributed by atoms with Crippen molar-refractivity contribution in [2.24, 2.45) is 5.84 Å². The summed E-state index contributed by atoms with van der Waals surface area (Å²) in [7, 11) is 1.64. The zero-order valence-electron chi connectivity index (χ0n) is 17.5. The van der Waals surface area contributed by atoms with E-state index < -0.39 is 5.91 Å². The van der Waals surface area contributed by atoms with Crippen LogP contribution < -0.4 is 26.2 Å². The summed E-state index contributed by atoms with van der Waals surface area (Å²) in [5.41, 5.74) is 3.87. The average molecular weight is 447 g/mol. The third-order valence-corrected chi connectivity index (χ3v) is 6.16. The minimum Gasteiger partial charge on any atom is -0.495 e. The summed E-state index contributed by atoms with van der Waals surface area (Å²) in [5.74, 6) is 5.61. The van der Waals surface area contributed by atoms with E-state index in [4.69, 9.17) is 26.9 Å². The van der Waals surface area contributed by atoms with E-state index in [1.165, 1.54) is 19.0 Å². The number of benzene rings is 1. The van der Waals surface area contributed by atoms with E-state index in [1.54, 1.807) is 7.11 Å². The molecule has 0 aliphatic carbocycles. The minimum atomic E-state index is -0.567. The fourth-order valence-corrected chi connectivity index (χ4v) is 4.44. The van der Waals surface area contributed by atoms with Crippen LogP contribution in [-0.4, -0.2) is 48.3 Å². The maximum absolute atomic E-state index is 12.0. The number of halogens is 1. The van der Waals surface area contributed by atoms with Gasteiger partial charge in [-0.05, 0) is 44.2 Å². The molecule has 0 unspecified atom stereocenters. The Kier molecular flexibility index (Phi) is 6.45. The molecule has 0 bridgehead atoms. The normalized spacial score (nSPS) is 18.0. The van der Waals surface area contributed by atoms with E-state index in [1.807, 2.05) is 18.2 Å². The molecule has 1 aromatic heterocycles. The first-order valence-electron chi connectivity index (χ1n) is 10.4. The van der Waals surface area contributed by atoms with Crippen molar-refractivity contribution in [1.29, 1.82) is 0 Å². The largest absolute Gasteiger partial charge is 0.495 e. The Labute approximate surface area is 186 Å². The number of methoxy groups -OCH3 is 1. The van der Waals surface area contributed by atoms with Gasteiger partial charge in [-0.3, -0.25) is 10.2 Å². The SMILES string of the molecule is COc1cc(Nc2nc(Cl)cnc2C(=O)NN)ccc1N1CCC2(CCCCO2)CC1. The topological polar surface area (TPSA) is 115 Å². The smallest absolute Gasteiger partial charge is 0.287 e. The third kappa shape index (κ3) is 4.68. The van der Waals surface area contributed by atoms with Gasteiger partial charge >= 0.3 is 0 Å². The number of carbonyl (C=O) groups excluding carboxylic acids is 1. The van der Waals surface area contributed by atoms with Crippen LogP contribution in [0.15, 0.2) is 24.4 Å². The first-order valence-corrected chi connectivity index (χ1v) is 10.8. The summed E-state index contributed by atoms with van der Waals surface area (Å²) in [6.45, 7) is 2.72. The van der Waals surface area contributed by atoms with E-state index in [2.05, 4.69) is 25.6 Å². The van der Waals surface area contributed by atoms with Crippen molar-refractivity contribution >= 4 is 34.7 Å². The lowest BCUT2D eigenvalue weighted by molar-refractivity contribution is -0.0920. The Hall–Kier alpha value is -2.62. The van der Waals surface area contributed by atoms with E-state index >= 15 is 0 Å². The number of piperidine rings is 1. The fraction of sp³-hybridized carbons (Fsp3) is 0.476. The summed E-state index contributed by atoms with van der Waals surface area (Å²) in [4.78, 5) is 22.5. The van der Waals surface area contributed by atoms with Crippen molar-refractivity contribution in [3.8, 4) is 5.75 Å². The number of ether oxygens (including phenoxy) is 2. The predicted octanol–water partition coefficient (Wildman–Crippen LogP) is 3.03. The minimum absolute atomic E-state index is 0.0451. The van der Waals surface area contributed by atoms with E-state index in [0.717, 1.165) is 50.4 Å². The standard InChI is InChI=1S/C21H27ClN6O3/c1-30-16-12-14(25-19-18(20(29)27-23)24-13-17(22)26-19)4-5-15(16)28-9-7-21(8-10-28)6-2-3-11-31-21/h4-5,12-13H,2-3,6-11,23H2,1H3,(H,25,26)(H,27,29). The highest BCUT2D eigenvalue weighted by molar-refractivity contribution is 6.29. The van der Waals surface area contributed by atoms with Gasteiger partial charge in [0.1, 0.15) is 10.9 Å². The Morgan fingerprint density at radius 3 is 2.77 bits per heavy atom. The van der Waals surface area contributed by atoms with Gasteiger partial charge in [-0.15, -0.1) is 0 Å². The molecule has 2 aliphatic heterocycles. The van der Waals surface area contributed by atoms with Crippen LogP contribution in [-0.2, 0) is 4.74 Å². The second-order valence-corrected chi connectivity index (χ2v) is 8.24. The van der Waals surface area contributed by atoms with Gasteiger partial charge in [-0.1, -0.05) is 11.6 Å². The van der Waals surface area contributed by atoms with Gasteiger partial charge in [0, 0.05) is 31.5 Å². The number of hydrazine groups is 1. The average Bonchev–Trinajstić information content (AvgIpc) is 2.80. The van der Waals surface area contributed by atoms with Crippen LogP contribution >= 0.6 is 11.6 Å². The summed E-state index contributed by atoms with van der Waals surface area (Å²) >= 11 is 5.96. The number of nitrogens with one attached hydrogen (secondary N) is 2. The zero-order chi connectivity index (χ0) is 21.8. The molecule has 1 amide bonds. The molecule has 2 aromatic rings. The Balaban J connectivity index is 1.52. The van der Waals surface area contributed by atoms with Gasteiger partial charge in [0.15, 0.2) is 11.5 Å². The molecule has 4 N–H and O–H groups in total. The highest BCUT2D eigenvalue weighted by atomic mass is 35.5. The van der Waals surface area contributed by atoms with Crippen molar-refractivity contribution in [1.82, 2.24) is 15.4 Å². The van der Waals surface area contributed by atoms with Crippen molar-refractivity contribution in [2.45, 2.75) is 37.7 Å². The van der Waals surface area contributed by atoms with E-state index in [0.29, 0.717) is 5.69 Å². The van der Waals surface area contributed by atoms with Crippen molar-refractivity contribution < 1.29 is 14.3 Å². The fourth-order valence-electron chi connectivity index (χ4n) is 4.30. The van der Waals surface area contributed by atoms with Crippen LogP contribution in [0.3, 0.4) is 0 Å². The van der Waals surface area contributed by atoms with Crippen LogP contribution in [0.5, 0.6) is 5.75 Å². The van der Waals surface area contributed by atoms with Crippen LogP contribution in [0.1, 0.15) is 42.6 Å². The van der Waals surface area contributed by atoms with E-state index in [-0.39, 0.29) is 22.3 Å². The van der Waals surface area contributed by atoms with Gasteiger partial charge in [0.2, 0.25) is 0 Å². The lowest BCUT2D eigenvalue weighted by Crippen LogP contribution is -2.47. The van der Waals surface area contributed by atoms with Crippen molar-refractivity contribution in [2.75, 3.05) is 37.0 Å². The van der Waals surface area contributed by atoms with E-state index in [9.17, 15) is 4.79 Å². The molecule has 9 nitrogen and oxygen atoms in total. The number of nitrogens with two attached hydrogens (primary N) is 1. The molecule has 10 heteroatoms. The number of hydrogen-bond acceptors (Lipinski definition) is 8. The first kappa shape index (κ1) is 21.6. The molecule has 0 radical (unpaired) electrons. The highest BCUT2D eigenvalue weighted by Gasteiger charge is 2.37. The molecule has 1 spiro atoms. The molecule has 166 valence electrons. The molecule has 0 atom stereocenters. The second-order valence-electron chi connectivity index (χ2n) is 7.85. The van der Waals surface area contributed by atoms with Crippen LogP contribution in [0.4, 0.5) is 17.2 Å². The summed E-state index contributed by atoms with van der Waals surface area (Å²) < 4.78 is 11.8. The molecule has 2 fully saturated rings. The Morgan fingerprint density at radius 1 is 1.29 bits per heavy atom. The molecule has 31 heavy (non-hydrogen) atoms. The van der Waals surface area contributed by atoms with Crippen LogP contribution in [0.2, 0.25) is 5.15 Å². The quantitative estimate of drug-likeness (QED) is 0.364. The number of nitrogens with zero attached hydrogens (tertiary/aromatic N) is 3. The molecule has 1 aromatic carbocycles. The molecule has 0 saturated carbocycles. The number of rotatable bonds is 5. The molecular weight excluding hydrogens is 420 g/mol. The maximum atomic E-state index is 12.0. The molecule has 2 saturated heterocycles. The third-order valence-electron chi connectivity index (χ3n) is 5.98. The zero-order valence-corrected chi connectivity index (χ0v) is 18.2. The number of anilines is 3. The first-order chi connectivity index (χ1) is 15.0. The number of carbonyl (C=O) groups is 1. The predicted molar refractivity (Wildman–Crippen MR) is 119 cm³/mol. The Bertz CT molecular complexity index is 941. The number of hydrogen-bond donors (Lipinski definition) is 3. The number of nitrogen functional groups attached to an aromatic ring is 1. The van der Waals surface area contributed by atoms with Crippen molar-refractivity contribution in [3.05, 3.63) is 35.2 Å². The molecule has 4 rings (SSSR count). The monoisotopic (exact) mass is 446 g/mol. The van der Waals surface area contributed by atoms with Gasteiger partial charge < -0.3 is 19.7 Å². The van der Waals surface area contributed by atoms with Crippen LogP contribution in [0.25, 0.3) is 0 Å². The van der Waals surface area contributed by atoms with Crippen molar-refractivity contribution in [3.63, 3.8) is 0 Å². The molecular formula is C21H27ClN6O3. The summed E-state index contributed by atoms with van der Waals surface area (Å²) in [6, 6.07) is 5.77. The van der Waals surface area contributed by atoms with Crippen LogP contribution in [0, 0.1) is 0 Å². The number of aromatic nitrogens is 2. The summed E-state index contributed by atoms with van der Waals surface area (Å²) in [6.07, 6.45) is 6.90. The Morgan fingerprint density at radius 2 is 2.10 bits per heavy atom. The van der Waals surface area contributed by atoms with Gasteiger partial charge in [0.25, 0.3) is 5.91 Å². The second kappa shape index (κ2) is 9.25. The maximum Gasteiger partial charge on any atom is 0.287 e. The van der Waals surface area contributed by atoms with Gasteiger partial charge in [-0.25, -0.2) is 15.8 Å². The van der Waals surface area contributed by atoms with Gasteiger partial charge in [-0.2, -0.15) is 0 Å².